The van der Waals surface area contributed by atoms with E-state index >= 15 is 0 Å². The van der Waals surface area contributed by atoms with Crippen LogP contribution in [-0.2, 0) is 9.59 Å². The van der Waals surface area contributed by atoms with Gasteiger partial charge in [-0.15, -0.1) is 0 Å². The summed E-state index contributed by atoms with van der Waals surface area (Å²) >= 11 is 0. The van der Waals surface area contributed by atoms with E-state index in [-0.39, 0.29) is 29.8 Å². The summed E-state index contributed by atoms with van der Waals surface area (Å²) in [5.74, 6) is -0.100. The summed E-state index contributed by atoms with van der Waals surface area (Å²) in [6.07, 6.45) is 1.77. The predicted octanol–water partition coefficient (Wildman–Crippen LogP) is -0.704. The first-order valence-corrected chi connectivity index (χ1v) is 6.93. The molecule has 6 nitrogen and oxygen atoms in total. The van der Waals surface area contributed by atoms with E-state index in [0.717, 1.165) is 25.9 Å². The molecule has 1 saturated heterocycles. The highest BCUT2D eigenvalue weighted by Gasteiger charge is 2.24. The van der Waals surface area contributed by atoms with Gasteiger partial charge in [0, 0.05) is 38.1 Å². The fraction of sp³-hybridized carbons (Fsp3) is 0.846. The molecule has 6 heteroatoms. The maximum atomic E-state index is 11.9. The molecule has 0 aromatic rings. The van der Waals surface area contributed by atoms with Crippen molar-refractivity contribution in [1.82, 2.24) is 15.5 Å². The van der Waals surface area contributed by atoms with Crippen LogP contribution >= 0.6 is 0 Å². The van der Waals surface area contributed by atoms with Crippen molar-refractivity contribution >= 4 is 11.8 Å². The lowest BCUT2D eigenvalue weighted by Crippen LogP contribution is -2.49. The Morgan fingerprint density at radius 2 is 1.89 bits per heavy atom. The van der Waals surface area contributed by atoms with Crippen molar-refractivity contribution in [2.24, 2.45) is 11.7 Å². The third-order valence-electron chi connectivity index (χ3n) is 3.78. The molecule has 1 rings (SSSR count). The lowest BCUT2D eigenvalue weighted by molar-refractivity contribution is -0.126. The molecule has 0 aromatic carbocycles. The fourth-order valence-corrected chi connectivity index (χ4v) is 2.09. The molecule has 1 heterocycles. The van der Waals surface area contributed by atoms with Crippen molar-refractivity contribution in [2.45, 2.75) is 38.8 Å². The van der Waals surface area contributed by atoms with Crippen LogP contribution in [0.2, 0.25) is 0 Å². The second-order valence-corrected chi connectivity index (χ2v) is 5.38. The van der Waals surface area contributed by atoms with Gasteiger partial charge in [-0.05, 0) is 19.8 Å². The van der Waals surface area contributed by atoms with Crippen LogP contribution in [0.4, 0.5) is 0 Å². The van der Waals surface area contributed by atoms with E-state index in [9.17, 15) is 9.59 Å². The number of piperidine rings is 1. The summed E-state index contributed by atoms with van der Waals surface area (Å²) < 4.78 is 0. The highest BCUT2D eigenvalue weighted by atomic mass is 16.2. The summed E-state index contributed by atoms with van der Waals surface area (Å²) in [6.45, 7) is 5.81. The van der Waals surface area contributed by atoms with Crippen LogP contribution < -0.4 is 16.4 Å². The normalized spacial score (nSPS) is 20.6. The van der Waals surface area contributed by atoms with Gasteiger partial charge in [0.1, 0.15) is 0 Å². The van der Waals surface area contributed by atoms with Crippen LogP contribution in [0.3, 0.4) is 0 Å². The zero-order valence-electron chi connectivity index (χ0n) is 12.1. The number of hydrogen-bond donors (Lipinski definition) is 3. The molecule has 2 atom stereocenters. The molecule has 2 unspecified atom stereocenters. The van der Waals surface area contributed by atoms with E-state index in [0.29, 0.717) is 6.54 Å². The third kappa shape index (κ3) is 5.16. The van der Waals surface area contributed by atoms with E-state index in [1.54, 1.807) is 7.05 Å². The van der Waals surface area contributed by atoms with Gasteiger partial charge in [0.05, 0.1) is 6.54 Å². The van der Waals surface area contributed by atoms with Gasteiger partial charge in [-0.25, -0.2) is 0 Å². The van der Waals surface area contributed by atoms with Crippen molar-refractivity contribution in [1.29, 1.82) is 0 Å². The monoisotopic (exact) mass is 270 g/mol. The summed E-state index contributed by atoms with van der Waals surface area (Å²) in [7, 11) is 1.64. The molecule has 4 N–H and O–H groups in total. The maximum absolute atomic E-state index is 11.9. The van der Waals surface area contributed by atoms with E-state index in [1.807, 2.05) is 13.8 Å². The number of amides is 2. The number of carbonyl (C=O) groups excluding carboxylic acids is 2. The Morgan fingerprint density at radius 3 is 2.37 bits per heavy atom. The van der Waals surface area contributed by atoms with Crippen LogP contribution in [0.1, 0.15) is 26.7 Å². The lowest BCUT2D eigenvalue weighted by atomic mass is 10.0. The SMILES string of the molecule is CNC(=O)CN1CCC(NC(=O)C(C)C(C)N)CC1. The molecule has 2 amide bonds. The number of likely N-dealkylation sites (N-methyl/N-ethyl adjacent to an activating group) is 1. The second kappa shape index (κ2) is 7.45. The lowest BCUT2D eigenvalue weighted by Gasteiger charge is -2.32. The molecule has 0 aromatic heterocycles. The Labute approximate surface area is 115 Å². The standard InChI is InChI=1S/C13H26N4O2/c1-9(10(2)14)13(19)16-11-4-6-17(7-5-11)8-12(18)15-3/h9-11H,4-8,14H2,1-3H3,(H,15,18)(H,16,19). The minimum absolute atomic E-state index is 0.0275. The maximum Gasteiger partial charge on any atom is 0.233 e. The quantitative estimate of drug-likeness (QED) is 0.616. The minimum atomic E-state index is -0.163. The molecule has 1 fully saturated rings. The largest absolute Gasteiger partial charge is 0.358 e. The minimum Gasteiger partial charge on any atom is -0.358 e. The molecular formula is C13H26N4O2. The molecule has 110 valence electrons. The van der Waals surface area contributed by atoms with Crippen molar-refractivity contribution in [3.05, 3.63) is 0 Å². The molecule has 1 aliphatic rings. The Kier molecular flexibility index (Phi) is 6.24. The first kappa shape index (κ1) is 15.9. The van der Waals surface area contributed by atoms with E-state index in [1.165, 1.54) is 0 Å². The highest BCUT2D eigenvalue weighted by Crippen LogP contribution is 2.11. The van der Waals surface area contributed by atoms with Crippen LogP contribution in [0.5, 0.6) is 0 Å². The smallest absolute Gasteiger partial charge is 0.233 e. The first-order valence-electron chi connectivity index (χ1n) is 6.93. The Morgan fingerprint density at radius 1 is 1.32 bits per heavy atom. The molecule has 19 heavy (non-hydrogen) atoms. The first-order chi connectivity index (χ1) is 8.93. The zero-order chi connectivity index (χ0) is 14.4. The number of rotatable bonds is 5. The van der Waals surface area contributed by atoms with Gasteiger partial charge in [0.2, 0.25) is 11.8 Å². The molecule has 0 saturated carbocycles. The van der Waals surface area contributed by atoms with Gasteiger partial charge < -0.3 is 16.4 Å². The zero-order valence-corrected chi connectivity index (χ0v) is 12.1. The summed E-state index contributed by atoms with van der Waals surface area (Å²) in [5, 5.41) is 5.66. The Bertz CT molecular complexity index is 312. The molecule has 0 aliphatic carbocycles. The number of nitrogens with one attached hydrogen (secondary N) is 2. The van der Waals surface area contributed by atoms with Gasteiger partial charge in [0.15, 0.2) is 0 Å². The molecule has 0 radical (unpaired) electrons. The van der Waals surface area contributed by atoms with Crippen molar-refractivity contribution in [3.8, 4) is 0 Å². The van der Waals surface area contributed by atoms with Crippen LogP contribution in [0.25, 0.3) is 0 Å². The third-order valence-corrected chi connectivity index (χ3v) is 3.78. The average Bonchev–Trinajstić information content (AvgIpc) is 2.39. The number of nitrogens with two attached hydrogens (primary N) is 1. The van der Waals surface area contributed by atoms with Gasteiger partial charge in [-0.2, -0.15) is 0 Å². The van der Waals surface area contributed by atoms with Gasteiger partial charge in [-0.3, -0.25) is 14.5 Å². The van der Waals surface area contributed by atoms with Gasteiger partial charge in [0.25, 0.3) is 0 Å². The van der Waals surface area contributed by atoms with Crippen LogP contribution in [0.15, 0.2) is 0 Å². The Balaban J connectivity index is 2.30. The van der Waals surface area contributed by atoms with E-state index in [4.69, 9.17) is 5.73 Å². The summed E-state index contributed by atoms with van der Waals surface area (Å²) in [6, 6.07) is 0.0722. The fourth-order valence-electron chi connectivity index (χ4n) is 2.09. The summed E-state index contributed by atoms with van der Waals surface area (Å²) in [5.41, 5.74) is 5.72. The topological polar surface area (TPSA) is 87.5 Å². The second-order valence-electron chi connectivity index (χ2n) is 5.38. The predicted molar refractivity (Wildman–Crippen MR) is 74.5 cm³/mol. The van der Waals surface area contributed by atoms with E-state index < -0.39 is 0 Å². The Hall–Kier alpha value is -1.14. The van der Waals surface area contributed by atoms with Crippen molar-refractivity contribution in [3.63, 3.8) is 0 Å². The van der Waals surface area contributed by atoms with Crippen molar-refractivity contribution in [2.75, 3.05) is 26.7 Å². The van der Waals surface area contributed by atoms with Crippen molar-refractivity contribution < 1.29 is 9.59 Å². The number of likely N-dealkylation sites (tertiary alicyclic amines) is 1. The van der Waals surface area contributed by atoms with Crippen LogP contribution in [-0.4, -0.2) is 55.5 Å². The molecule has 0 spiro atoms. The molecule has 0 bridgehead atoms. The van der Waals surface area contributed by atoms with Gasteiger partial charge >= 0.3 is 0 Å². The van der Waals surface area contributed by atoms with E-state index in [2.05, 4.69) is 15.5 Å². The molecular weight excluding hydrogens is 244 g/mol. The summed E-state index contributed by atoms with van der Waals surface area (Å²) in [4.78, 5) is 25.3. The number of carbonyl (C=O) groups is 2. The number of nitrogens with zero attached hydrogens (tertiary/aromatic N) is 1. The van der Waals surface area contributed by atoms with Crippen LogP contribution in [0, 0.1) is 5.92 Å². The average molecular weight is 270 g/mol. The number of hydrogen-bond acceptors (Lipinski definition) is 4. The van der Waals surface area contributed by atoms with Gasteiger partial charge in [-0.1, -0.05) is 6.92 Å². The highest BCUT2D eigenvalue weighted by molar-refractivity contribution is 5.79. The molecule has 1 aliphatic heterocycles.